The lowest BCUT2D eigenvalue weighted by Crippen LogP contribution is -1.98. The van der Waals surface area contributed by atoms with Crippen LogP contribution in [-0.4, -0.2) is 7.11 Å². The largest absolute Gasteiger partial charge is 0.495 e. The predicted molar refractivity (Wildman–Crippen MR) is 72.1 cm³/mol. The number of hydrogen-bond acceptors (Lipinski definition) is 3. The van der Waals surface area contributed by atoms with E-state index in [4.69, 9.17) is 22.1 Å². The first-order valence-corrected chi connectivity index (χ1v) is 5.53. The smallest absolute Gasteiger partial charge is 0.142 e. The van der Waals surface area contributed by atoms with Gasteiger partial charge in [-0.2, -0.15) is 0 Å². The van der Waals surface area contributed by atoms with Crippen LogP contribution >= 0.6 is 11.6 Å². The van der Waals surface area contributed by atoms with E-state index in [9.17, 15) is 0 Å². The zero-order chi connectivity index (χ0) is 12.3. The molecule has 0 bridgehead atoms. The lowest BCUT2D eigenvalue weighted by Gasteiger charge is -2.12. The summed E-state index contributed by atoms with van der Waals surface area (Å²) in [5.74, 6) is 0.720. The first-order chi connectivity index (χ1) is 8.20. The van der Waals surface area contributed by atoms with Gasteiger partial charge >= 0.3 is 0 Å². The van der Waals surface area contributed by atoms with E-state index in [-0.39, 0.29) is 0 Å². The Morgan fingerprint density at radius 3 is 2.59 bits per heavy atom. The number of hydrogen-bond donors (Lipinski definition) is 2. The molecule has 0 unspecified atom stereocenters. The lowest BCUT2D eigenvalue weighted by atomic mass is 10.2. The molecule has 17 heavy (non-hydrogen) atoms. The highest BCUT2D eigenvalue weighted by Crippen LogP contribution is 2.32. The summed E-state index contributed by atoms with van der Waals surface area (Å²) in [6, 6.07) is 12.9. The van der Waals surface area contributed by atoms with E-state index >= 15 is 0 Å². The second-order valence-corrected chi connectivity index (χ2v) is 3.99. The van der Waals surface area contributed by atoms with Crippen molar-refractivity contribution < 1.29 is 4.74 Å². The van der Waals surface area contributed by atoms with Crippen molar-refractivity contribution in [3.63, 3.8) is 0 Å². The maximum Gasteiger partial charge on any atom is 0.142 e. The molecular weight excluding hydrogens is 236 g/mol. The number of halogens is 1. The van der Waals surface area contributed by atoms with Gasteiger partial charge in [-0.05, 0) is 30.3 Å². The molecule has 0 atom stereocenters. The van der Waals surface area contributed by atoms with E-state index in [1.165, 1.54) is 0 Å². The number of anilines is 3. The Labute approximate surface area is 105 Å². The Bertz CT molecular complexity index is 529. The van der Waals surface area contributed by atoms with Crippen molar-refractivity contribution in [2.75, 3.05) is 18.2 Å². The van der Waals surface area contributed by atoms with Crippen molar-refractivity contribution >= 4 is 28.7 Å². The summed E-state index contributed by atoms with van der Waals surface area (Å²) in [6.07, 6.45) is 0. The van der Waals surface area contributed by atoms with Crippen molar-refractivity contribution in [3.8, 4) is 5.75 Å². The van der Waals surface area contributed by atoms with Gasteiger partial charge in [-0.25, -0.2) is 0 Å². The first-order valence-electron chi connectivity index (χ1n) is 5.16. The van der Waals surface area contributed by atoms with Gasteiger partial charge in [0.2, 0.25) is 0 Å². The molecule has 2 aromatic carbocycles. The Kier molecular flexibility index (Phi) is 3.40. The van der Waals surface area contributed by atoms with E-state index in [2.05, 4.69) is 5.32 Å². The summed E-state index contributed by atoms with van der Waals surface area (Å²) in [5.41, 5.74) is 8.15. The average Bonchev–Trinajstić information content (AvgIpc) is 2.32. The Morgan fingerprint density at radius 2 is 1.88 bits per heavy atom. The molecule has 2 aromatic rings. The third kappa shape index (κ3) is 2.63. The maximum absolute atomic E-state index is 5.95. The van der Waals surface area contributed by atoms with Gasteiger partial charge in [0, 0.05) is 5.02 Å². The molecule has 2 rings (SSSR count). The van der Waals surface area contributed by atoms with Crippen LogP contribution < -0.4 is 15.8 Å². The molecule has 0 aliphatic heterocycles. The van der Waals surface area contributed by atoms with Crippen molar-refractivity contribution in [2.24, 2.45) is 0 Å². The van der Waals surface area contributed by atoms with Crippen LogP contribution in [0.5, 0.6) is 5.75 Å². The summed E-state index contributed by atoms with van der Waals surface area (Å²) in [5, 5.41) is 3.84. The van der Waals surface area contributed by atoms with E-state index in [1.54, 1.807) is 19.2 Å². The molecule has 0 fully saturated rings. The zero-order valence-corrected chi connectivity index (χ0v) is 10.2. The fourth-order valence-corrected chi connectivity index (χ4v) is 1.71. The summed E-state index contributed by atoms with van der Waals surface area (Å²) < 4.78 is 5.25. The molecule has 0 aromatic heterocycles. The quantitative estimate of drug-likeness (QED) is 0.815. The highest BCUT2D eigenvalue weighted by Gasteiger charge is 2.05. The van der Waals surface area contributed by atoms with Gasteiger partial charge in [0.1, 0.15) is 5.75 Å². The molecule has 0 saturated carbocycles. The van der Waals surface area contributed by atoms with Gasteiger partial charge in [-0.3, -0.25) is 0 Å². The molecule has 4 heteroatoms. The second kappa shape index (κ2) is 4.97. The van der Waals surface area contributed by atoms with Crippen LogP contribution in [-0.2, 0) is 0 Å². The van der Waals surface area contributed by atoms with Gasteiger partial charge in [0.15, 0.2) is 0 Å². The van der Waals surface area contributed by atoms with E-state index < -0.39 is 0 Å². The number of rotatable bonds is 3. The summed E-state index contributed by atoms with van der Waals surface area (Å²) in [4.78, 5) is 0. The molecule has 3 N–H and O–H groups in total. The van der Waals surface area contributed by atoms with Crippen LogP contribution in [0.25, 0.3) is 0 Å². The monoisotopic (exact) mass is 248 g/mol. The van der Waals surface area contributed by atoms with E-state index in [0.717, 1.165) is 17.1 Å². The number of nitrogens with two attached hydrogens (primary N) is 1. The lowest BCUT2D eigenvalue weighted by molar-refractivity contribution is 0.417. The van der Waals surface area contributed by atoms with E-state index in [0.29, 0.717) is 10.7 Å². The van der Waals surface area contributed by atoms with Crippen LogP contribution in [0, 0.1) is 0 Å². The minimum atomic E-state index is 0.641. The SMILES string of the molecule is COc1ccc(Cl)cc1Nc1ccccc1N. The molecule has 0 amide bonds. The van der Waals surface area contributed by atoms with Crippen LogP contribution in [0.4, 0.5) is 17.1 Å². The standard InChI is InChI=1S/C13H13ClN2O/c1-17-13-7-6-9(14)8-12(13)16-11-5-3-2-4-10(11)15/h2-8,16H,15H2,1H3. The fourth-order valence-electron chi connectivity index (χ4n) is 1.53. The molecule has 0 aliphatic carbocycles. The number of methoxy groups -OCH3 is 1. The van der Waals surface area contributed by atoms with Gasteiger partial charge < -0.3 is 15.8 Å². The molecule has 3 nitrogen and oxygen atoms in total. The third-order valence-corrected chi connectivity index (χ3v) is 2.63. The molecule has 0 radical (unpaired) electrons. The van der Waals surface area contributed by atoms with E-state index in [1.807, 2.05) is 30.3 Å². The minimum Gasteiger partial charge on any atom is -0.495 e. The number of ether oxygens (including phenoxy) is 1. The van der Waals surface area contributed by atoms with Crippen molar-refractivity contribution in [2.45, 2.75) is 0 Å². The highest BCUT2D eigenvalue weighted by atomic mass is 35.5. The van der Waals surface area contributed by atoms with Crippen LogP contribution in [0.2, 0.25) is 5.02 Å². The molecule has 0 heterocycles. The van der Waals surface area contributed by atoms with Crippen molar-refractivity contribution in [3.05, 3.63) is 47.5 Å². The third-order valence-electron chi connectivity index (χ3n) is 2.39. The zero-order valence-electron chi connectivity index (χ0n) is 9.41. The number of para-hydroxylation sites is 2. The van der Waals surface area contributed by atoms with Crippen LogP contribution in [0.3, 0.4) is 0 Å². The second-order valence-electron chi connectivity index (χ2n) is 3.56. The van der Waals surface area contributed by atoms with Gasteiger partial charge in [0.05, 0.1) is 24.2 Å². The molecule has 0 spiro atoms. The summed E-state index contributed by atoms with van der Waals surface area (Å²) in [6.45, 7) is 0. The topological polar surface area (TPSA) is 47.3 Å². The van der Waals surface area contributed by atoms with Crippen LogP contribution in [0.1, 0.15) is 0 Å². The number of benzene rings is 2. The fraction of sp³-hybridized carbons (Fsp3) is 0.0769. The number of nitrogens with one attached hydrogen (secondary N) is 1. The van der Waals surface area contributed by atoms with Gasteiger partial charge in [-0.1, -0.05) is 23.7 Å². The average molecular weight is 249 g/mol. The maximum atomic E-state index is 5.95. The Balaban J connectivity index is 2.35. The summed E-state index contributed by atoms with van der Waals surface area (Å²) >= 11 is 5.95. The van der Waals surface area contributed by atoms with Gasteiger partial charge in [0.25, 0.3) is 0 Å². The predicted octanol–water partition coefficient (Wildman–Crippen LogP) is 3.67. The minimum absolute atomic E-state index is 0.641. The highest BCUT2D eigenvalue weighted by molar-refractivity contribution is 6.31. The van der Waals surface area contributed by atoms with Crippen molar-refractivity contribution in [1.29, 1.82) is 0 Å². The number of nitrogen functional groups attached to an aromatic ring is 1. The molecular formula is C13H13ClN2O. The molecule has 88 valence electrons. The Morgan fingerprint density at radius 1 is 1.12 bits per heavy atom. The van der Waals surface area contributed by atoms with Gasteiger partial charge in [-0.15, -0.1) is 0 Å². The first kappa shape index (κ1) is 11.6. The normalized spacial score (nSPS) is 10.0. The summed E-state index contributed by atoms with van der Waals surface area (Å²) in [7, 11) is 1.61. The molecule has 0 aliphatic rings. The van der Waals surface area contributed by atoms with Crippen LogP contribution in [0.15, 0.2) is 42.5 Å². The molecule has 0 saturated heterocycles. The van der Waals surface area contributed by atoms with Crippen molar-refractivity contribution in [1.82, 2.24) is 0 Å². The Hall–Kier alpha value is -1.87.